The van der Waals surface area contributed by atoms with E-state index in [1.165, 1.54) is 0 Å². The molecule has 3 aromatic rings. The summed E-state index contributed by atoms with van der Waals surface area (Å²) in [7, 11) is 0. The fraction of sp³-hybridized carbons (Fsp3) is 0.467. The smallest absolute Gasteiger partial charge is 0.255 e. The van der Waals surface area contributed by atoms with Crippen molar-refractivity contribution in [2.75, 3.05) is 6.54 Å². The first-order valence-electron chi connectivity index (χ1n) is 7.93. The van der Waals surface area contributed by atoms with E-state index in [9.17, 15) is 4.79 Å². The first-order chi connectivity index (χ1) is 11.3. The molecule has 4 N–H and O–H groups in total. The van der Waals surface area contributed by atoms with Crippen molar-refractivity contribution in [3.8, 4) is 0 Å². The molecule has 1 aliphatic rings. The van der Waals surface area contributed by atoms with Crippen molar-refractivity contribution in [3.63, 3.8) is 0 Å². The van der Waals surface area contributed by atoms with Gasteiger partial charge in [-0.2, -0.15) is 0 Å². The third-order valence-corrected chi connectivity index (χ3v) is 4.72. The number of aromatic amines is 1. The number of nitrogens with one attached hydrogen (secondary N) is 2. The summed E-state index contributed by atoms with van der Waals surface area (Å²) < 4.78 is 1.78. The molecule has 0 aliphatic heterocycles. The lowest BCUT2D eigenvalue weighted by molar-refractivity contribution is 0.0924. The maximum absolute atomic E-state index is 12.7. The third-order valence-electron chi connectivity index (χ3n) is 4.72. The Morgan fingerprint density at radius 3 is 3.00 bits per heavy atom. The Hall–Kier alpha value is -2.48. The molecule has 0 spiro atoms. The highest BCUT2D eigenvalue weighted by Crippen LogP contribution is 2.24. The quantitative estimate of drug-likeness (QED) is 0.663. The van der Waals surface area contributed by atoms with Gasteiger partial charge in [0, 0.05) is 12.2 Å². The highest BCUT2D eigenvalue weighted by atomic mass is 16.1. The number of nitrogens with two attached hydrogens (primary N) is 1. The Bertz CT molecular complexity index is 844. The number of carbonyl (C=O) groups excluding carboxylic acids is 1. The van der Waals surface area contributed by atoms with Gasteiger partial charge >= 0.3 is 0 Å². The Balaban J connectivity index is 1.59. The summed E-state index contributed by atoms with van der Waals surface area (Å²) >= 11 is 0. The number of fused-ring (bicyclic) bond motifs is 3. The van der Waals surface area contributed by atoms with Gasteiger partial charge in [-0.1, -0.05) is 0 Å². The van der Waals surface area contributed by atoms with Crippen LogP contribution in [0.15, 0.2) is 18.7 Å². The van der Waals surface area contributed by atoms with Crippen LogP contribution >= 0.6 is 0 Å². The Morgan fingerprint density at radius 1 is 1.39 bits per heavy atom. The number of aromatic nitrogens is 5. The van der Waals surface area contributed by atoms with Crippen LogP contribution in [-0.4, -0.2) is 43.1 Å². The van der Waals surface area contributed by atoms with E-state index in [0.717, 1.165) is 32.2 Å². The summed E-state index contributed by atoms with van der Waals surface area (Å²) in [5.74, 6) is 0.507. The average Bonchev–Trinajstić information content (AvgIpc) is 3.21. The van der Waals surface area contributed by atoms with Crippen LogP contribution in [0.2, 0.25) is 0 Å². The van der Waals surface area contributed by atoms with E-state index < -0.39 is 0 Å². The van der Waals surface area contributed by atoms with E-state index in [-0.39, 0.29) is 11.9 Å². The predicted molar refractivity (Wildman–Crippen MR) is 84.9 cm³/mol. The van der Waals surface area contributed by atoms with Crippen LogP contribution in [0.25, 0.3) is 16.8 Å². The van der Waals surface area contributed by atoms with E-state index in [0.29, 0.717) is 28.3 Å². The van der Waals surface area contributed by atoms with E-state index >= 15 is 0 Å². The maximum Gasteiger partial charge on any atom is 0.255 e. The molecule has 1 amide bonds. The number of amides is 1. The maximum atomic E-state index is 12.7. The first-order valence-corrected chi connectivity index (χ1v) is 7.93. The van der Waals surface area contributed by atoms with Crippen LogP contribution < -0.4 is 11.1 Å². The van der Waals surface area contributed by atoms with Gasteiger partial charge in [-0.25, -0.2) is 4.98 Å². The number of H-pyrrole nitrogens is 1. The minimum Gasteiger partial charge on any atom is -0.349 e. The zero-order chi connectivity index (χ0) is 15.8. The monoisotopic (exact) mass is 313 g/mol. The Kier molecular flexibility index (Phi) is 3.45. The molecule has 120 valence electrons. The number of hydrogen-bond acceptors (Lipinski definition) is 5. The molecule has 0 saturated heterocycles. The highest BCUT2D eigenvalue weighted by molar-refractivity contribution is 6.05. The minimum atomic E-state index is -0.0875. The second kappa shape index (κ2) is 5.62. The molecule has 23 heavy (non-hydrogen) atoms. The van der Waals surface area contributed by atoms with Crippen molar-refractivity contribution in [1.29, 1.82) is 0 Å². The lowest BCUT2D eigenvalue weighted by atomic mass is 9.86. The molecule has 0 unspecified atom stereocenters. The largest absolute Gasteiger partial charge is 0.349 e. The topological polar surface area (TPSA) is 114 Å². The van der Waals surface area contributed by atoms with Crippen LogP contribution in [0.5, 0.6) is 0 Å². The minimum absolute atomic E-state index is 0.0875. The van der Waals surface area contributed by atoms with Crippen molar-refractivity contribution < 1.29 is 4.79 Å². The van der Waals surface area contributed by atoms with Gasteiger partial charge in [-0.3, -0.25) is 9.20 Å². The Morgan fingerprint density at radius 2 is 2.22 bits per heavy atom. The van der Waals surface area contributed by atoms with Crippen LogP contribution in [0.4, 0.5) is 0 Å². The fourth-order valence-electron chi connectivity index (χ4n) is 3.35. The van der Waals surface area contributed by atoms with E-state index in [2.05, 4.69) is 25.5 Å². The molecular formula is C15H19N7O. The zero-order valence-corrected chi connectivity index (χ0v) is 12.7. The molecule has 4 rings (SSSR count). The normalized spacial score (nSPS) is 21.8. The summed E-state index contributed by atoms with van der Waals surface area (Å²) in [4.78, 5) is 20.0. The van der Waals surface area contributed by atoms with Crippen LogP contribution in [0.3, 0.4) is 0 Å². The second-order valence-corrected chi connectivity index (χ2v) is 6.14. The zero-order valence-electron chi connectivity index (χ0n) is 12.7. The van der Waals surface area contributed by atoms with Crippen molar-refractivity contribution in [3.05, 3.63) is 24.3 Å². The lowest BCUT2D eigenvalue weighted by Crippen LogP contribution is -2.38. The fourth-order valence-corrected chi connectivity index (χ4v) is 3.35. The summed E-state index contributed by atoms with van der Waals surface area (Å²) in [6.45, 7) is 0.737. The number of hydrogen-bond donors (Lipinski definition) is 3. The summed E-state index contributed by atoms with van der Waals surface area (Å²) in [5, 5.41) is 11.0. The molecule has 0 radical (unpaired) electrons. The van der Waals surface area contributed by atoms with Gasteiger partial charge in [-0.05, 0) is 38.1 Å². The van der Waals surface area contributed by atoms with Crippen molar-refractivity contribution in [2.45, 2.75) is 31.7 Å². The highest BCUT2D eigenvalue weighted by Gasteiger charge is 2.23. The van der Waals surface area contributed by atoms with E-state index in [1.807, 2.05) is 0 Å². The number of rotatable bonds is 3. The van der Waals surface area contributed by atoms with Crippen molar-refractivity contribution in [2.24, 2.45) is 11.7 Å². The lowest BCUT2D eigenvalue weighted by Gasteiger charge is -2.28. The van der Waals surface area contributed by atoms with Gasteiger partial charge in [0.15, 0.2) is 11.3 Å². The Labute approximate surface area is 132 Å². The number of nitrogens with zero attached hydrogens (tertiary/aromatic N) is 4. The molecule has 0 aromatic carbocycles. The van der Waals surface area contributed by atoms with Gasteiger partial charge in [0.25, 0.3) is 5.91 Å². The average molecular weight is 313 g/mol. The van der Waals surface area contributed by atoms with E-state index in [1.54, 1.807) is 23.1 Å². The molecule has 8 heteroatoms. The van der Waals surface area contributed by atoms with Crippen LogP contribution in [0, 0.1) is 5.92 Å². The second-order valence-electron chi connectivity index (χ2n) is 6.14. The summed E-state index contributed by atoms with van der Waals surface area (Å²) in [5.41, 5.74) is 8.26. The van der Waals surface area contributed by atoms with Gasteiger partial charge in [0.05, 0.1) is 11.8 Å². The standard InChI is InChI=1S/C15H19N7O/c16-5-9-1-3-10(4-2-9)20-15(23)11-6-17-14-13(11)22-8-19-21-12(22)7-18-14/h6-10,17H,1-5,16H2,(H,20,23). The SMILES string of the molecule is NCC1CCC(NC(=O)c2c[nH]c3ncc4nncn4c23)CC1. The molecule has 8 nitrogen and oxygen atoms in total. The molecule has 3 aromatic heterocycles. The van der Waals surface area contributed by atoms with Gasteiger partial charge in [-0.15, -0.1) is 10.2 Å². The molecule has 0 bridgehead atoms. The molecular weight excluding hydrogens is 294 g/mol. The van der Waals surface area contributed by atoms with Crippen molar-refractivity contribution in [1.82, 2.24) is 29.9 Å². The predicted octanol–water partition coefficient (Wildman–Crippen LogP) is 0.853. The number of carbonyl (C=O) groups is 1. The van der Waals surface area contributed by atoms with Gasteiger partial charge in [0.1, 0.15) is 11.8 Å². The molecule has 1 aliphatic carbocycles. The first kappa shape index (κ1) is 14.1. The van der Waals surface area contributed by atoms with Crippen molar-refractivity contribution >= 4 is 22.7 Å². The van der Waals surface area contributed by atoms with Crippen LogP contribution in [-0.2, 0) is 0 Å². The van der Waals surface area contributed by atoms with Crippen LogP contribution in [0.1, 0.15) is 36.0 Å². The molecule has 0 atom stereocenters. The third kappa shape index (κ3) is 2.44. The van der Waals surface area contributed by atoms with E-state index in [4.69, 9.17) is 5.73 Å². The molecule has 1 fully saturated rings. The van der Waals surface area contributed by atoms with Gasteiger partial charge < -0.3 is 16.0 Å². The molecule has 3 heterocycles. The van der Waals surface area contributed by atoms with Gasteiger partial charge in [0.2, 0.25) is 0 Å². The summed E-state index contributed by atoms with van der Waals surface area (Å²) in [6, 6.07) is 0.211. The summed E-state index contributed by atoms with van der Waals surface area (Å²) in [6.07, 6.45) is 9.03. The molecule has 1 saturated carbocycles.